The molecule has 2 aromatic rings. The molecule has 188 valence electrons. The maximum Gasteiger partial charge on any atom is 0.254 e. The number of benzene rings is 1. The number of pyridine rings is 1. The lowest BCUT2D eigenvalue weighted by Crippen LogP contribution is -2.61. The van der Waals surface area contributed by atoms with Crippen molar-refractivity contribution in [3.63, 3.8) is 0 Å². The van der Waals surface area contributed by atoms with Crippen LogP contribution in [0.15, 0.2) is 71.9 Å². The highest BCUT2D eigenvalue weighted by Gasteiger charge is 2.50. The first-order chi connectivity index (χ1) is 17.5. The third-order valence-electron chi connectivity index (χ3n) is 7.40. The van der Waals surface area contributed by atoms with Crippen molar-refractivity contribution >= 4 is 23.4 Å². The number of nitrogens with one attached hydrogen (secondary N) is 1. The highest BCUT2D eigenvalue weighted by molar-refractivity contribution is 6.31. The summed E-state index contributed by atoms with van der Waals surface area (Å²) in [6, 6.07) is 11.9. The van der Waals surface area contributed by atoms with E-state index in [4.69, 9.17) is 16.4 Å². The van der Waals surface area contributed by atoms with Gasteiger partial charge in [0.05, 0.1) is 29.8 Å². The summed E-state index contributed by atoms with van der Waals surface area (Å²) in [5, 5.41) is 11.6. The zero-order chi connectivity index (χ0) is 25.1. The largest absolute Gasteiger partial charge is 0.391 e. The van der Waals surface area contributed by atoms with Crippen molar-refractivity contribution in [1.82, 2.24) is 15.4 Å². The normalized spacial score (nSPS) is 27.8. The van der Waals surface area contributed by atoms with Gasteiger partial charge in [0.2, 0.25) is 0 Å². The van der Waals surface area contributed by atoms with Crippen molar-refractivity contribution in [2.24, 2.45) is 5.92 Å². The number of aromatic nitrogens is 1. The van der Waals surface area contributed by atoms with E-state index in [0.29, 0.717) is 41.1 Å². The third kappa shape index (κ3) is 4.96. The van der Waals surface area contributed by atoms with E-state index in [1.54, 1.807) is 17.2 Å². The van der Waals surface area contributed by atoms with Crippen LogP contribution >= 0.6 is 11.6 Å². The number of amides is 2. The van der Waals surface area contributed by atoms with Gasteiger partial charge in [0.1, 0.15) is 6.61 Å². The average Bonchev–Trinajstić information content (AvgIpc) is 2.90. The monoisotopic (exact) mass is 507 g/mol. The van der Waals surface area contributed by atoms with Crippen LogP contribution in [0.2, 0.25) is 0 Å². The lowest BCUT2D eigenvalue weighted by Gasteiger charge is -2.50. The van der Waals surface area contributed by atoms with E-state index >= 15 is 0 Å². The van der Waals surface area contributed by atoms with Crippen molar-refractivity contribution in [2.75, 3.05) is 0 Å². The highest BCUT2D eigenvalue weighted by Crippen LogP contribution is 2.43. The van der Waals surface area contributed by atoms with Gasteiger partial charge < -0.3 is 10.0 Å². The van der Waals surface area contributed by atoms with E-state index < -0.39 is 18.1 Å². The SMILES string of the molecule is O=C(NOCc1ccccn1)[C@H]1c2ccccc2C(=O)N([C@H]2CCCC[C@@H]2O)[C@@H]1C1C=CC(Cl)=CC1. The predicted molar refractivity (Wildman–Crippen MR) is 136 cm³/mol. The smallest absolute Gasteiger partial charge is 0.254 e. The molecule has 2 amide bonds. The number of carbonyl (C=O) groups is 2. The van der Waals surface area contributed by atoms with Crippen LogP contribution in [0.25, 0.3) is 0 Å². The molecule has 1 aromatic heterocycles. The van der Waals surface area contributed by atoms with Gasteiger partial charge in [-0.3, -0.25) is 19.4 Å². The summed E-state index contributed by atoms with van der Waals surface area (Å²) in [4.78, 5) is 39.3. The van der Waals surface area contributed by atoms with Crippen LogP contribution in [0.5, 0.6) is 0 Å². The fourth-order valence-corrected chi connectivity index (χ4v) is 5.87. The molecule has 3 aliphatic rings. The maximum atomic E-state index is 13.9. The molecule has 0 bridgehead atoms. The molecule has 36 heavy (non-hydrogen) atoms. The van der Waals surface area contributed by atoms with Crippen molar-refractivity contribution in [2.45, 2.75) is 62.8 Å². The van der Waals surface area contributed by atoms with E-state index in [9.17, 15) is 14.7 Å². The fraction of sp³-hybridized carbons (Fsp3) is 0.393. The summed E-state index contributed by atoms with van der Waals surface area (Å²) in [5.41, 5.74) is 4.47. The number of aliphatic hydroxyl groups excluding tert-OH is 1. The molecule has 5 rings (SSSR count). The van der Waals surface area contributed by atoms with Gasteiger partial charge in [-0.2, -0.15) is 0 Å². The van der Waals surface area contributed by atoms with Crippen molar-refractivity contribution in [1.29, 1.82) is 0 Å². The van der Waals surface area contributed by atoms with E-state index in [2.05, 4.69) is 10.5 Å². The summed E-state index contributed by atoms with van der Waals surface area (Å²) in [7, 11) is 0. The standard InChI is InChI=1S/C28H30ClN3O4/c29-19-14-12-18(13-15-19)26-25(27(34)31-36-17-20-7-5-6-16-30-20)21-8-1-2-9-22(21)28(35)32(26)23-10-3-4-11-24(23)33/h1-2,5-9,12,14-16,18,23-26,33H,3-4,10-11,13,17H2,(H,31,34)/t18?,23-,24-,25-,26+/m0/s1. The summed E-state index contributed by atoms with van der Waals surface area (Å²) in [5.74, 6) is -1.31. The van der Waals surface area contributed by atoms with E-state index in [0.717, 1.165) is 12.8 Å². The first-order valence-corrected chi connectivity index (χ1v) is 12.9. The van der Waals surface area contributed by atoms with Gasteiger partial charge in [-0.15, -0.1) is 0 Å². The number of hydroxylamine groups is 1. The Hall–Kier alpha value is -3.00. The number of halogens is 1. The Morgan fingerprint density at radius 3 is 2.72 bits per heavy atom. The van der Waals surface area contributed by atoms with Crippen LogP contribution < -0.4 is 5.48 Å². The summed E-state index contributed by atoms with van der Waals surface area (Å²) < 4.78 is 0. The first kappa shape index (κ1) is 24.7. The molecule has 2 heterocycles. The Morgan fingerprint density at radius 2 is 1.97 bits per heavy atom. The first-order valence-electron chi connectivity index (χ1n) is 12.5. The lowest BCUT2D eigenvalue weighted by molar-refractivity contribution is -0.139. The number of carbonyl (C=O) groups excluding carboxylic acids is 2. The van der Waals surface area contributed by atoms with Crippen molar-refractivity contribution in [3.8, 4) is 0 Å². The number of rotatable bonds is 6. The Morgan fingerprint density at radius 1 is 1.17 bits per heavy atom. The minimum absolute atomic E-state index is 0.122. The van der Waals surface area contributed by atoms with Gasteiger partial charge in [-0.1, -0.05) is 60.9 Å². The number of hydrogen-bond donors (Lipinski definition) is 2. The molecule has 2 aliphatic carbocycles. The second kappa shape index (κ2) is 10.9. The molecule has 5 atom stereocenters. The Kier molecular flexibility index (Phi) is 7.51. The predicted octanol–water partition coefficient (Wildman–Crippen LogP) is 4.24. The van der Waals surface area contributed by atoms with Crippen molar-refractivity contribution in [3.05, 3.63) is 88.7 Å². The molecule has 7 nitrogen and oxygen atoms in total. The molecule has 1 aliphatic heterocycles. The number of allylic oxidation sites excluding steroid dienone is 3. The Balaban J connectivity index is 1.51. The van der Waals surface area contributed by atoms with Gasteiger partial charge in [0.15, 0.2) is 0 Å². The summed E-state index contributed by atoms with van der Waals surface area (Å²) in [6.45, 7) is 0.122. The van der Waals surface area contributed by atoms with E-state index in [1.165, 1.54) is 0 Å². The minimum atomic E-state index is -0.684. The second-order valence-corrected chi connectivity index (χ2v) is 10.0. The Bertz CT molecular complexity index is 1170. The molecule has 8 heteroatoms. The second-order valence-electron chi connectivity index (χ2n) is 9.61. The number of fused-ring (bicyclic) bond motifs is 1. The van der Waals surface area contributed by atoms with Crippen LogP contribution in [0.1, 0.15) is 59.6 Å². The highest BCUT2D eigenvalue weighted by atomic mass is 35.5. The van der Waals surface area contributed by atoms with E-state index in [-0.39, 0.29) is 30.4 Å². The summed E-state index contributed by atoms with van der Waals surface area (Å²) in [6.07, 6.45) is 10.5. The third-order valence-corrected chi connectivity index (χ3v) is 7.68. The van der Waals surface area contributed by atoms with Gasteiger partial charge in [0.25, 0.3) is 11.8 Å². The van der Waals surface area contributed by atoms with Crippen LogP contribution in [0.4, 0.5) is 0 Å². The molecule has 1 aromatic carbocycles. The van der Waals surface area contributed by atoms with Crippen LogP contribution in [0.3, 0.4) is 0 Å². The molecule has 1 fully saturated rings. The Labute approximate surface area is 215 Å². The number of hydrogen-bond acceptors (Lipinski definition) is 5. The number of aliphatic hydroxyl groups is 1. The zero-order valence-corrected chi connectivity index (χ0v) is 20.7. The van der Waals surface area contributed by atoms with Gasteiger partial charge in [-0.05, 0) is 49.1 Å². The lowest BCUT2D eigenvalue weighted by atomic mass is 9.73. The average molecular weight is 508 g/mol. The van der Waals surface area contributed by atoms with Gasteiger partial charge >= 0.3 is 0 Å². The molecule has 1 saturated carbocycles. The van der Waals surface area contributed by atoms with Crippen molar-refractivity contribution < 1.29 is 19.5 Å². The maximum absolute atomic E-state index is 13.9. The molecule has 1 unspecified atom stereocenters. The number of nitrogens with zero attached hydrogens (tertiary/aromatic N) is 2. The van der Waals surface area contributed by atoms with Gasteiger partial charge in [-0.25, -0.2) is 5.48 Å². The molecule has 0 saturated heterocycles. The quantitative estimate of drug-likeness (QED) is 0.571. The topological polar surface area (TPSA) is 91.8 Å². The summed E-state index contributed by atoms with van der Waals surface area (Å²) >= 11 is 6.21. The minimum Gasteiger partial charge on any atom is -0.391 e. The van der Waals surface area contributed by atoms with Gasteiger partial charge in [0, 0.05) is 22.7 Å². The van der Waals surface area contributed by atoms with Crippen LogP contribution in [-0.2, 0) is 16.2 Å². The van der Waals surface area contributed by atoms with Crippen LogP contribution in [0, 0.1) is 5.92 Å². The van der Waals surface area contributed by atoms with E-state index in [1.807, 2.05) is 54.6 Å². The zero-order valence-electron chi connectivity index (χ0n) is 19.9. The molecule has 0 radical (unpaired) electrons. The molecule has 2 N–H and O–H groups in total. The molecule has 0 spiro atoms. The van der Waals surface area contributed by atoms with Crippen LogP contribution in [-0.4, -0.2) is 45.0 Å². The molecular formula is C28H30ClN3O4. The fourth-order valence-electron chi connectivity index (χ4n) is 5.71. The molecular weight excluding hydrogens is 478 g/mol.